The van der Waals surface area contributed by atoms with Crippen LogP contribution in [0.4, 0.5) is 10.2 Å². The molecule has 0 bridgehead atoms. The number of anilines is 1. The Kier molecular flexibility index (Phi) is 3.58. The number of carbonyl (C=O) groups is 1. The Morgan fingerprint density at radius 2 is 2.00 bits per heavy atom. The van der Waals surface area contributed by atoms with Crippen LogP contribution in [-0.2, 0) is 11.8 Å². The lowest BCUT2D eigenvalue weighted by atomic mass is 9.86. The van der Waals surface area contributed by atoms with E-state index in [9.17, 15) is 9.18 Å². The van der Waals surface area contributed by atoms with E-state index in [0.29, 0.717) is 11.8 Å². The molecule has 3 heterocycles. The fourth-order valence-corrected chi connectivity index (χ4v) is 4.02. The zero-order valence-corrected chi connectivity index (χ0v) is 15.5. The van der Waals surface area contributed by atoms with Gasteiger partial charge in [-0.05, 0) is 36.8 Å². The van der Waals surface area contributed by atoms with Crippen LogP contribution in [0.5, 0.6) is 0 Å². The standard InChI is InChI=1S/C21H18FN5O/c1-12-19-15(13-6-5-7-14(22)10-13)11-18(28)24-20(19)27(25-12)21-23-16-8-3-4-9-17(16)26(21)2/h3-10,15H,11H2,1-2H3,(H,24,28)/t15-/m1/s1. The number of amides is 1. The van der Waals surface area contributed by atoms with Gasteiger partial charge < -0.3 is 9.88 Å². The van der Waals surface area contributed by atoms with Crippen LogP contribution in [0.25, 0.3) is 17.0 Å². The second-order valence-corrected chi connectivity index (χ2v) is 7.08. The van der Waals surface area contributed by atoms with Gasteiger partial charge in [0.05, 0.1) is 16.7 Å². The molecule has 7 heteroatoms. The molecule has 140 valence electrons. The monoisotopic (exact) mass is 375 g/mol. The molecule has 1 atom stereocenters. The summed E-state index contributed by atoms with van der Waals surface area (Å²) in [5.41, 5.74) is 4.28. The lowest BCUT2D eigenvalue weighted by Crippen LogP contribution is -2.25. The summed E-state index contributed by atoms with van der Waals surface area (Å²) in [5, 5.41) is 7.62. The van der Waals surface area contributed by atoms with E-state index in [1.165, 1.54) is 12.1 Å². The van der Waals surface area contributed by atoms with E-state index in [4.69, 9.17) is 4.98 Å². The highest BCUT2D eigenvalue weighted by Crippen LogP contribution is 2.40. The first-order valence-corrected chi connectivity index (χ1v) is 9.09. The molecule has 28 heavy (non-hydrogen) atoms. The van der Waals surface area contributed by atoms with Gasteiger partial charge >= 0.3 is 0 Å². The topological polar surface area (TPSA) is 64.7 Å². The van der Waals surface area contributed by atoms with Crippen molar-refractivity contribution in [3.8, 4) is 5.95 Å². The maximum absolute atomic E-state index is 13.8. The smallest absolute Gasteiger partial charge is 0.233 e. The number of nitrogens with one attached hydrogen (secondary N) is 1. The van der Waals surface area contributed by atoms with Gasteiger partial charge in [0.25, 0.3) is 0 Å². The summed E-state index contributed by atoms with van der Waals surface area (Å²) in [7, 11) is 1.92. The number of halogens is 1. The van der Waals surface area contributed by atoms with E-state index >= 15 is 0 Å². The van der Waals surface area contributed by atoms with Crippen LogP contribution in [0.15, 0.2) is 48.5 Å². The Hall–Kier alpha value is -3.48. The average molecular weight is 375 g/mol. The van der Waals surface area contributed by atoms with Crippen molar-refractivity contribution in [1.82, 2.24) is 19.3 Å². The predicted molar refractivity (Wildman–Crippen MR) is 104 cm³/mol. The van der Waals surface area contributed by atoms with Gasteiger partial charge in [-0.2, -0.15) is 9.78 Å². The highest BCUT2D eigenvalue weighted by Gasteiger charge is 2.33. The number of para-hydroxylation sites is 2. The summed E-state index contributed by atoms with van der Waals surface area (Å²) in [5.74, 6) is 0.530. The predicted octanol–water partition coefficient (Wildman–Crippen LogP) is 3.68. The number of imidazole rings is 1. The third kappa shape index (κ3) is 2.43. The molecule has 0 saturated heterocycles. The molecule has 0 unspecified atom stereocenters. The molecule has 1 aliphatic rings. The van der Waals surface area contributed by atoms with Gasteiger partial charge in [0.15, 0.2) is 0 Å². The Labute approximate surface area is 160 Å². The van der Waals surface area contributed by atoms with Crippen molar-refractivity contribution in [2.75, 3.05) is 5.32 Å². The number of fused-ring (bicyclic) bond motifs is 2. The molecule has 0 fully saturated rings. The molecule has 0 spiro atoms. The molecule has 6 nitrogen and oxygen atoms in total. The molecule has 0 aliphatic carbocycles. The van der Waals surface area contributed by atoms with E-state index in [-0.39, 0.29) is 24.1 Å². The third-order valence-electron chi connectivity index (χ3n) is 5.31. The quantitative estimate of drug-likeness (QED) is 0.581. The molecule has 1 N–H and O–H groups in total. The van der Waals surface area contributed by atoms with E-state index < -0.39 is 0 Å². The summed E-state index contributed by atoms with van der Waals surface area (Å²) < 4.78 is 17.4. The molecule has 1 aliphatic heterocycles. The van der Waals surface area contributed by atoms with Crippen LogP contribution >= 0.6 is 0 Å². The number of nitrogens with zero attached hydrogens (tertiary/aromatic N) is 4. The van der Waals surface area contributed by atoms with Gasteiger partial charge in [-0.25, -0.2) is 9.37 Å². The number of carbonyl (C=O) groups excluding carboxylic acids is 1. The summed E-state index contributed by atoms with van der Waals surface area (Å²) in [6, 6.07) is 14.2. The van der Waals surface area contributed by atoms with Crippen molar-refractivity contribution < 1.29 is 9.18 Å². The number of hydrogen-bond acceptors (Lipinski definition) is 3. The van der Waals surface area contributed by atoms with Gasteiger partial charge in [-0.15, -0.1) is 0 Å². The highest BCUT2D eigenvalue weighted by molar-refractivity contribution is 5.95. The Morgan fingerprint density at radius 3 is 2.79 bits per heavy atom. The number of aromatic nitrogens is 4. The molecule has 2 aromatic carbocycles. The third-order valence-corrected chi connectivity index (χ3v) is 5.31. The summed E-state index contributed by atoms with van der Waals surface area (Å²) in [6.45, 7) is 1.90. The lowest BCUT2D eigenvalue weighted by molar-refractivity contribution is -0.116. The summed E-state index contributed by atoms with van der Waals surface area (Å²) in [6.07, 6.45) is 0.255. The van der Waals surface area contributed by atoms with Crippen molar-refractivity contribution in [3.05, 3.63) is 71.2 Å². The number of rotatable bonds is 2. The Bertz CT molecular complexity index is 1240. The Balaban J connectivity index is 1.72. The van der Waals surface area contributed by atoms with Crippen LogP contribution in [0.2, 0.25) is 0 Å². The first kappa shape index (κ1) is 16.7. The minimum Gasteiger partial charge on any atom is -0.311 e. The molecule has 0 radical (unpaired) electrons. The van der Waals surface area contributed by atoms with Gasteiger partial charge in [0.2, 0.25) is 11.9 Å². The number of benzene rings is 2. The molecule has 4 aromatic rings. The Morgan fingerprint density at radius 1 is 1.18 bits per heavy atom. The molecule has 1 amide bonds. The van der Waals surface area contributed by atoms with Gasteiger partial charge in [-0.1, -0.05) is 24.3 Å². The van der Waals surface area contributed by atoms with Crippen LogP contribution in [0, 0.1) is 12.7 Å². The fraction of sp³-hybridized carbons (Fsp3) is 0.190. The fourth-order valence-electron chi connectivity index (χ4n) is 4.02. The van der Waals surface area contributed by atoms with Crippen molar-refractivity contribution in [1.29, 1.82) is 0 Å². The molecule has 5 rings (SSSR count). The minimum absolute atomic E-state index is 0.123. The summed E-state index contributed by atoms with van der Waals surface area (Å²) in [4.78, 5) is 17.2. The molecular formula is C21H18FN5O. The molecule has 2 aromatic heterocycles. The normalized spacial score (nSPS) is 16.2. The van der Waals surface area contributed by atoms with Gasteiger partial charge in [-0.3, -0.25) is 4.79 Å². The first-order valence-electron chi connectivity index (χ1n) is 9.09. The van der Waals surface area contributed by atoms with E-state index in [1.54, 1.807) is 10.7 Å². The largest absolute Gasteiger partial charge is 0.311 e. The van der Waals surface area contributed by atoms with Crippen molar-refractivity contribution >= 4 is 22.8 Å². The zero-order chi connectivity index (χ0) is 19.4. The second-order valence-electron chi connectivity index (χ2n) is 7.08. The van der Waals surface area contributed by atoms with Crippen LogP contribution < -0.4 is 5.32 Å². The van der Waals surface area contributed by atoms with Gasteiger partial charge in [0.1, 0.15) is 11.6 Å². The van der Waals surface area contributed by atoms with E-state index in [2.05, 4.69) is 10.4 Å². The van der Waals surface area contributed by atoms with Crippen LogP contribution in [-0.4, -0.2) is 25.2 Å². The minimum atomic E-state index is -0.314. The lowest BCUT2D eigenvalue weighted by Gasteiger charge is -2.24. The molecule has 0 saturated carbocycles. The second kappa shape index (κ2) is 6.02. The van der Waals surface area contributed by atoms with Crippen molar-refractivity contribution in [3.63, 3.8) is 0 Å². The first-order chi connectivity index (χ1) is 13.5. The van der Waals surface area contributed by atoms with Crippen molar-refractivity contribution in [2.45, 2.75) is 19.3 Å². The average Bonchev–Trinajstić information content (AvgIpc) is 3.18. The molecular weight excluding hydrogens is 357 g/mol. The zero-order valence-electron chi connectivity index (χ0n) is 15.5. The highest BCUT2D eigenvalue weighted by atomic mass is 19.1. The van der Waals surface area contributed by atoms with Crippen molar-refractivity contribution in [2.24, 2.45) is 7.05 Å². The maximum Gasteiger partial charge on any atom is 0.233 e. The maximum atomic E-state index is 13.8. The van der Waals surface area contributed by atoms with Crippen LogP contribution in [0.1, 0.15) is 29.2 Å². The number of aryl methyl sites for hydroxylation is 2. The van der Waals surface area contributed by atoms with E-state index in [1.807, 2.05) is 48.9 Å². The van der Waals surface area contributed by atoms with E-state index in [0.717, 1.165) is 27.9 Å². The van der Waals surface area contributed by atoms with Gasteiger partial charge in [0, 0.05) is 24.9 Å². The SMILES string of the molecule is Cc1nn(-c2nc3ccccc3n2C)c2c1[C@@H](c1cccc(F)c1)CC(=O)N2. The summed E-state index contributed by atoms with van der Waals surface area (Å²) >= 11 is 0. The van der Waals surface area contributed by atoms with Crippen LogP contribution in [0.3, 0.4) is 0 Å². The number of hydrogen-bond donors (Lipinski definition) is 1.